The minimum atomic E-state index is -1.17. The molecule has 2 N–H and O–H groups in total. The molecule has 0 bridgehead atoms. The zero-order chi connectivity index (χ0) is 20.8. The summed E-state index contributed by atoms with van der Waals surface area (Å²) in [6, 6.07) is 5.13. The predicted octanol–water partition coefficient (Wildman–Crippen LogP) is 4.27. The highest BCUT2D eigenvalue weighted by Crippen LogP contribution is 2.22. The van der Waals surface area contributed by atoms with Crippen LogP contribution in [-0.2, 0) is 9.59 Å². The first-order valence-corrected chi connectivity index (χ1v) is 9.95. The molecule has 8 heteroatoms. The number of benzene rings is 1. The smallest absolute Gasteiger partial charge is 0.324 e. The molecule has 28 heavy (non-hydrogen) atoms. The predicted molar refractivity (Wildman–Crippen MR) is 109 cm³/mol. The molecule has 1 aromatic rings. The van der Waals surface area contributed by atoms with Crippen molar-refractivity contribution in [2.45, 2.75) is 51.9 Å². The van der Waals surface area contributed by atoms with Crippen molar-refractivity contribution < 1.29 is 24.5 Å². The Balaban J connectivity index is 2.47. The summed E-state index contributed by atoms with van der Waals surface area (Å²) in [5.41, 5.74) is 0.547. The Morgan fingerprint density at radius 3 is 2.25 bits per heavy atom. The topological polar surface area (TPSA) is 99.4 Å². The van der Waals surface area contributed by atoms with Gasteiger partial charge in [-0.3, -0.25) is 14.6 Å². The Hall–Kier alpha value is -2.28. The highest BCUT2D eigenvalue weighted by molar-refractivity contribution is 6.33. The summed E-state index contributed by atoms with van der Waals surface area (Å²) in [7, 11) is 0. The van der Waals surface area contributed by atoms with Gasteiger partial charge in [0.15, 0.2) is 0 Å². The maximum absolute atomic E-state index is 10.8. The van der Waals surface area contributed by atoms with Crippen molar-refractivity contribution in [3.05, 3.63) is 28.8 Å². The van der Waals surface area contributed by atoms with E-state index in [1.807, 2.05) is 0 Å². The molecule has 1 rings (SSSR count). The van der Waals surface area contributed by atoms with Crippen LogP contribution in [0.2, 0.25) is 5.02 Å². The van der Waals surface area contributed by atoms with E-state index in [9.17, 15) is 9.59 Å². The van der Waals surface area contributed by atoms with E-state index in [2.05, 4.69) is 12.0 Å². The molecule has 0 radical (unpaired) electrons. The number of rotatable bonds is 15. The van der Waals surface area contributed by atoms with Gasteiger partial charge in [0, 0.05) is 5.56 Å². The summed E-state index contributed by atoms with van der Waals surface area (Å²) in [5, 5.41) is 22.9. The van der Waals surface area contributed by atoms with Gasteiger partial charge in [0.1, 0.15) is 18.8 Å². The lowest BCUT2D eigenvalue weighted by atomic mass is 10.1. The Bertz CT molecular complexity index is 635. The Morgan fingerprint density at radius 2 is 1.68 bits per heavy atom. The highest BCUT2D eigenvalue weighted by atomic mass is 35.5. The van der Waals surface area contributed by atoms with E-state index in [0.29, 0.717) is 22.9 Å². The summed E-state index contributed by atoms with van der Waals surface area (Å²) < 4.78 is 5.71. The van der Waals surface area contributed by atoms with Crippen molar-refractivity contribution in [1.29, 1.82) is 0 Å². The van der Waals surface area contributed by atoms with Crippen LogP contribution in [-0.4, -0.2) is 53.1 Å². The molecule has 156 valence electrons. The van der Waals surface area contributed by atoms with Crippen molar-refractivity contribution in [2.75, 3.05) is 19.7 Å². The number of hydrogen-bond acceptors (Lipinski definition) is 5. The number of ether oxygens (including phenoxy) is 1. The second-order valence-corrected chi connectivity index (χ2v) is 6.92. The summed E-state index contributed by atoms with van der Waals surface area (Å²) >= 11 is 6.21. The average molecular weight is 413 g/mol. The van der Waals surface area contributed by atoms with Crippen LogP contribution in [0, 0.1) is 0 Å². The maximum Gasteiger partial charge on any atom is 0.324 e. The van der Waals surface area contributed by atoms with Crippen LogP contribution in [0.15, 0.2) is 23.3 Å². The number of carboxylic acid groups (broad SMARTS) is 2. The Morgan fingerprint density at radius 1 is 1.07 bits per heavy atom. The first-order chi connectivity index (χ1) is 13.4. The van der Waals surface area contributed by atoms with Gasteiger partial charge in [-0.15, -0.1) is 0 Å². The van der Waals surface area contributed by atoms with Crippen LogP contribution in [0.25, 0.3) is 0 Å². The molecule has 0 heterocycles. The lowest BCUT2D eigenvalue weighted by molar-refractivity contribution is -0.141. The summed E-state index contributed by atoms with van der Waals surface area (Å²) in [6.45, 7) is 1.81. The van der Waals surface area contributed by atoms with Gasteiger partial charge in [-0.25, -0.2) is 0 Å². The SMILES string of the molecule is CCCCCCCCCOc1ccc(/C=N\N(CC(=O)O)CC(=O)O)c(Cl)c1. The van der Waals surface area contributed by atoms with Crippen molar-refractivity contribution in [1.82, 2.24) is 5.01 Å². The van der Waals surface area contributed by atoms with E-state index < -0.39 is 25.0 Å². The monoisotopic (exact) mass is 412 g/mol. The molecule has 0 amide bonds. The molecule has 0 aliphatic carbocycles. The number of carboxylic acids is 2. The fraction of sp³-hybridized carbons (Fsp3) is 0.550. The van der Waals surface area contributed by atoms with Crippen molar-refractivity contribution in [2.24, 2.45) is 5.10 Å². The Labute approximate surface area is 170 Å². The summed E-state index contributed by atoms with van der Waals surface area (Å²) in [6.07, 6.45) is 9.83. The first-order valence-electron chi connectivity index (χ1n) is 9.57. The quantitative estimate of drug-likeness (QED) is 0.253. The number of aliphatic carboxylic acids is 2. The van der Waals surface area contributed by atoms with Gasteiger partial charge in [0.25, 0.3) is 0 Å². The van der Waals surface area contributed by atoms with Gasteiger partial charge in [-0.05, 0) is 24.6 Å². The van der Waals surface area contributed by atoms with Crippen LogP contribution in [0.5, 0.6) is 5.75 Å². The molecule has 0 atom stereocenters. The summed E-state index contributed by atoms with van der Waals surface area (Å²) in [4.78, 5) is 21.6. The normalized spacial score (nSPS) is 10.9. The minimum absolute atomic E-state index is 0.395. The Kier molecular flexibility index (Phi) is 11.7. The highest BCUT2D eigenvalue weighted by Gasteiger charge is 2.11. The average Bonchev–Trinajstić information content (AvgIpc) is 2.62. The number of carbonyl (C=O) groups is 2. The second kappa shape index (κ2) is 13.8. The molecule has 0 unspecified atom stereocenters. The molecular weight excluding hydrogens is 384 g/mol. The molecular formula is C20H29ClN2O5. The van der Waals surface area contributed by atoms with Crippen LogP contribution < -0.4 is 4.74 Å². The van der Waals surface area contributed by atoms with Crippen LogP contribution >= 0.6 is 11.6 Å². The van der Waals surface area contributed by atoms with Gasteiger partial charge >= 0.3 is 11.9 Å². The molecule has 0 spiro atoms. The summed E-state index contributed by atoms with van der Waals surface area (Å²) in [5.74, 6) is -1.68. The fourth-order valence-corrected chi connectivity index (χ4v) is 2.76. The van der Waals surface area contributed by atoms with Crippen molar-refractivity contribution in [3.63, 3.8) is 0 Å². The zero-order valence-corrected chi connectivity index (χ0v) is 17.0. The van der Waals surface area contributed by atoms with E-state index in [1.54, 1.807) is 18.2 Å². The molecule has 0 saturated carbocycles. The largest absolute Gasteiger partial charge is 0.494 e. The maximum atomic E-state index is 10.8. The molecule has 1 aromatic carbocycles. The number of hydrogen-bond donors (Lipinski definition) is 2. The third-order valence-electron chi connectivity index (χ3n) is 3.98. The fourth-order valence-electron chi connectivity index (χ4n) is 2.55. The van der Waals surface area contributed by atoms with Crippen LogP contribution in [0.1, 0.15) is 57.4 Å². The molecule has 0 aliphatic rings. The van der Waals surface area contributed by atoms with E-state index in [0.717, 1.165) is 17.9 Å². The minimum Gasteiger partial charge on any atom is -0.494 e. The molecule has 0 saturated heterocycles. The van der Waals surface area contributed by atoms with E-state index >= 15 is 0 Å². The van der Waals surface area contributed by atoms with Crippen LogP contribution in [0.4, 0.5) is 0 Å². The molecule has 0 aliphatic heterocycles. The third-order valence-corrected chi connectivity index (χ3v) is 4.31. The lowest BCUT2D eigenvalue weighted by Crippen LogP contribution is -2.30. The van der Waals surface area contributed by atoms with E-state index in [4.69, 9.17) is 26.6 Å². The lowest BCUT2D eigenvalue weighted by Gasteiger charge is -2.13. The van der Waals surface area contributed by atoms with Gasteiger partial charge < -0.3 is 14.9 Å². The zero-order valence-electron chi connectivity index (χ0n) is 16.3. The van der Waals surface area contributed by atoms with Gasteiger partial charge in [0.2, 0.25) is 0 Å². The van der Waals surface area contributed by atoms with Gasteiger partial charge in [0.05, 0.1) is 17.8 Å². The van der Waals surface area contributed by atoms with E-state index in [-0.39, 0.29) is 0 Å². The number of unbranched alkanes of at least 4 members (excludes halogenated alkanes) is 6. The van der Waals surface area contributed by atoms with Crippen molar-refractivity contribution in [3.8, 4) is 5.75 Å². The van der Waals surface area contributed by atoms with E-state index in [1.165, 1.54) is 38.3 Å². The standard InChI is InChI=1S/C20H29ClN2O5/c1-2-3-4-5-6-7-8-11-28-17-10-9-16(18(21)12-17)13-22-23(14-19(24)25)15-20(26)27/h9-10,12-13H,2-8,11,14-15H2,1H3,(H,24,25)(H,26,27)/b22-13-. The third kappa shape index (κ3) is 10.8. The second-order valence-electron chi connectivity index (χ2n) is 6.51. The number of halogens is 1. The molecule has 7 nitrogen and oxygen atoms in total. The molecule has 0 fully saturated rings. The van der Waals surface area contributed by atoms with Gasteiger partial charge in [-0.1, -0.05) is 57.0 Å². The van der Waals surface area contributed by atoms with Crippen molar-refractivity contribution >= 4 is 29.8 Å². The molecule has 0 aromatic heterocycles. The van der Waals surface area contributed by atoms with Gasteiger partial charge in [-0.2, -0.15) is 5.10 Å². The number of nitrogens with zero attached hydrogens (tertiary/aromatic N) is 2. The first kappa shape index (κ1) is 23.8. The van der Waals surface area contributed by atoms with Crippen LogP contribution in [0.3, 0.4) is 0 Å². The number of hydrazone groups is 1.